The number of esters is 1. The second-order valence-corrected chi connectivity index (χ2v) is 9.55. The Morgan fingerprint density at radius 2 is 1.85 bits per heavy atom. The van der Waals surface area contributed by atoms with E-state index in [4.69, 9.17) is 4.74 Å². The highest BCUT2D eigenvalue weighted by Gasteiger charge is 2.25. The van der Waals surface area contributed by atoms with Gasteiger partial charge in [0.2, 0.25) is 0 Å². The molecule has 0 unspecified atom stereocenters. The summed E-state index contributed by atoms with van der Waals surface area (Å²) >= 11 is 1.06. The van der Waals surface area contributed by atoms with Crippen molar-refractivity contribution in [2.24, 2.45) is 4.40 Å². The number of hydrogen-bond donors (Lipinski definition) is 1. The van der Waals surface area contributed by atoms with E-state index in [1.807, 2.05) is 30.3 Å². The first-order chi connectivity index (χ1) is 15.8. The second kappa shape index (κ2) is 10.9. The number of nitrogens with zero attached hydrogens (tertiary/aromatic N) is 4. The van der Waals surface area contributed by atoms with Crippen molar-refractivity contribution in [3.05, 3.63) is 72.1 Å². The highest BCUT2D eigenvalue weighted by atomic mass is 32.2. The topological polar surface area (TPSA) is 114 Å². The summed E-state index contributed by atoms with van der Waals surface area (Å²) in [6, 6.07) is 14.1. The van der Waals surface area contributed by atoms with Crippen LogP contribution in [0.3, 0.4) is 0 Å². The maximum Gasteiger partial charge on any atom is 0.337 e. The number of carbonyl (C=O) groups is 1. The number of anilines is 1. The SMILES string of the molecule is COC(=O)c1cc(NCc2ccccc2)c(Sc2ncccn2)c(S(=O)(=O)N=CN(C)C)c1. The highest BCUT2D eigenvalue weighted by Crippen LogP contribution is 2.39. The second-order valence-electron chi connectivity index (χ2n) is 6.97. The van der Waals surface area contributed by atoms with Crippen LogP contribution in [0.1, 0.15) is 15.9 Å². The summed E-state index contributed by atoms with van der Waals surface area (Å²) in [5.41, 5.74) is 1.46. The molecule has 0 fully saturated rings. The fraction of sp³-hybridized carbons (Fsp3) is 0.182. The van der Waals surface area contributed by atoms with E-state index in [1.165, 1.54) is 24.4 Å². The molecule has 33 heavy (non-hydrogen) atoms. The van der Waals surface area contributed by atoms with Crippen molar-refractivity contribution in [3.63, 3.8) is 0 Å². The van der Waals surface area contributed by atoms with E-state index in [0.29, 0.717) is 22.3 Å². The number of carbonyl (C=O) groups excluding carboxylic acids is 1. The van der Waals surface area contributed by atoms with Gasteiger partial charge in [0.1, 0.15) is 11.2 Å². The van der Waals surface area contributed by atoms with Crippen molar-refractivity contribution >= 4 is 39.8 Å². The number of nitrogens with one attached hydrogen (secondary N) is 1. The Balaban J connectivity index is 2.17. The standard InChI is InChI=1S/C22H23N5O4S2/c1-27(2)15-26-33(29,30)19-13-17(21(28)31-3)12-18(25-14-16-8-5-4-6-9-16)20(19)32-22-23-10-7-11-24-22/h4-13,15,25H,14H2,1-3H3. The molecular formula is C22H23N5O4S2. The van der Waals surface area contributed by atoms with E-state index >= 15 is 0 Å². The summed E-state index contributed by atoms with van der Waals surface area (Å²) in [6.45, 7) is 0.398. The summed E-state index contributed by atoms with van der Waals surface area (Å²) in [4.78, 5) is 22.4. The molecule has 1 heterocycles. The number of benzene rings is 2. The number of sulfonamides is 1. The Hall–Kier alpha value is -3.44. The molecule has 0 aliphatic rings. The molecule has 0 amide bonds. The lowest BCUT2D eigenvalue weighted by atomic mass is 10.2. The van der Waals surface area contributed by atoms with Gasteiger partial charge >= 0.3 is 5.97 Å². The van der Waals surface area contributed by atoms with Crippen LogP contribution >= 0.6 is 11.8 Å². The third-order valence-corrected chi connectivity index (χ3v) is 6.65. The first-order valence-electron chi connectivity index (χ1n) is 9.76. The summed E-state index contributed by atoms with van der Waals surface area (Å²) in [5.74, 6) is -0.668. The van der Waals surface area contributed by atoms with Crippen LogP contribution < -0.4 is 5.32 Å². The number of hydrogen-bond acceptors (Lipinski definition) is 8. The summed E-state index contributed by atoms with van der Waals surface area (Å²) < 4.78 is 34.9. The van der Waals surface area contributed by atoms with E-state index in [-0.39, 0.29) is 10.5 Å². The van der Waals surface area contributed by atoms with Crippen molar-refractivity contribution in [3.8, 4) is 0 Å². The maximum absolute atomic E-state index is 13.2. The van der Waals surface area contributed by atoms with Crippen LogP contribution in [0, 0.1) is 0 Å². The zero-order valence-corrected chi connectivity index (χ0v) is 19.9. The van der Waals surface area contributed by atoms with Gasteiger partial charge in [-0.15, -0.1) is 4.40 Å². The number of ether oxygens (including phenoxy) is 1. The van der Waals surface area contributed by atoms with Crippen LogP contribution in [-0.2, 0) is 21.3 Å². The summed E-state index contributed by atoms with van der Waals surface area (Å²) in [7, 11) is 0.376. The highest BCUT2D eigenvalue weighted by molar-refractivity contribution is 8.00. The number of methoxy groups -OCH3 is 1. The molecule has 0 aliphatic carbocycles. The molecule has 0 saturated carbocycles. The van der Waals surface area contributed by atoms with E-state index in [9.17, 15) is 13.2 Å². The smallest absolute Gasteiger partial charge is 0.337 e. The predicted octanol–water partition coefficient (Wildman–Crippen LogP) is 3.31. The number of aromatic nitrogens is 2. The molecule has 0 atom stereocenters. The predicted molar refractivity (Wildman–Crippen MR) is 127 cm³/mol. The van der Waals surface area contributed by atoms with Gasteiger partial charge in [-0.25, -0.2) is 14.8 Å². The Labute approximate surface area is 197 Å². The molecule has 3 aromatic rings. The largest absolute Gasteiger partial charge is 0.465 e. The Morgan fingerprint density at radius 1 is 1.15 bits per heavy atom. The van der Waals surface area contributed by atoms with Gasteiger partial charge < -0.3 is 15.0 Å². The van der Waals surface area contributed by atoms with Gasteiger partial charge in [0.05, 0.1) is 23.3 Å². The molecular weight excluding hydrogens is 462 g/mol. The molecule has 0 spiro atoms. The van der Waals surface area contributed by atoms with Crippen molar-refractivity contribution in [2.45, 2.75) is 21.5 Å². The number of rotatable bonds is 9. The minimum atomic E-state index is -4.17. The van der Waals surface area contributed by atoms with Gasteiger partial charge in [-0.2, -0.15) is 8.42 Å². The van der Waals surface area contributed by atoms with Gasteiger partial charge in [-0.1, -0.05) is 30.3 Å². The lowest BCUT2D eigenvalue weighted by molar-refractivity contribution is 0.0600. The first-order valence-corrected chi connectivity index (χ1v) is 12.0. The molecule has 172 valence electrons. The van der Waals surface area contributed by atoms with Gasteiger partial charge in [-0.3, -0.25) is 0 Å². The van der Waals surface area contributed by atoms with Crippen LogP contribution in [0.4, 0.5) is 5.69 Å². The van der Waals surface area contributed by atoms with E-state index in [0.717, 1.165) is 17.3 Å². The van der Waals surface area contributed by atoms with Crippen LogP contribution in [0.25, 0.3) is 0 Å². The van der Waals surface area contributed by atoms with E-state index in [2.05, 4.69) is 19.7 Å². The van der Waals surface area contributed by atoms with Crippen LogP contribution in [0.15, 0.2) is 80.3 Å². The molecule has 1 N–H and O–H groups in total. The summed E-state index contributed by atoms with van der Waals surface area (Å²) in [5, 5.41) is 3.58. The quantitative estimate of drug-likeness (QED) is 0.211. The minimum Gasteiger partial charge on any atom is -0.465 e. The van der Waals surface area contributed by atoms with Gasteiger partial charge in [0, 0.05) is 33.0 Å². The van der Waals surface area contributed by atoms with Gasteiger partial charge in [0.15, 0.2) is 5.16 Å². The Bertz CT molecular complexity index is 1230. The molecule has 0 bridgehead atoms. The van der Waals surface area contributed by atoms with Crippen molar-refractivity contribution in [1.29, 1.82) is 0 Å². The van der Waals surface area contributed by atoms with E-state index in [1.54, 1.807) is 38.6 Å². The van der Waals surface area contributed by atoms with Crippen LogP contribution in [0.5, 0.6) is 0 Å². The third-order valence-electron chi connectivity index (χ3n) is 4.23. The Kier molecular flexibility index (Phi) is 8.01. The lowest BCUT2D eigenvalue weighted by Gasteiger charge is -2.16. The van der Waals surface area contributed by atoms with Gasteiger partial charge in [-0.05, 0) is 35.5 Å². The summed E-state index contributed by atoms with van der Waals surface area (Å²) in [6.07, 6.45) is 4.31. The average Bonchev–Trinajstić information content (AvgIpc) is 2.82. The zero-order valence-electron chi connectivity index (χ0n) is 18.3. The van der Waals surface area contributed by atoms with Crippen LogP contribution in [-0.4, -0.2) is 56.8 Å². The molecule has 2 aromatic carbocycles. The molecule has 0 radical (unpaired) electrons. The third kappa shape index (κ3) is 6.53. The molecule has 0 aliphatic heterocycles. The molecule has 1 aromatic heterocycles. The first kappa shape index (κ1) is 24.2. The zero-order chi connectivity index (χ0) is 23.8. The van der Waals surface area contributed by atoms with Crippen molar-refractivity contribution in [2.75, 3.05) is 26.5 Å². The van der Waals surface area contributed by atoms with E-state index < -0.39 is 16.0 Å². The lowest BCUT2D eigenvalue weighted by Crippen LogP contribution is -2.13. The molecule has 3 rings (SSSR count). The molecule has 0 saturated heterocycles. The van der Waals surface area contributed by atoms with Crippen molar-refractivity contribution in [1.82, 2.24) is 14.9 Å². The Morgan fingerprint density at radius 3 is 2.48 bits per heavy atom. The average molecular weight is 486 g/mol. The normalized spacial score (nSPS) is 11.4. The molecule has 9 nitrogen and oxygen atoms in total. The fourth-order valence-corrected chi connectivity index (χ4v) is 5.00. The molecule has 11 heteroatoms. The minimum absolute atomic E-state index is 0.0741. The monoisotopic (exact) mass is 485 g/mol. The van der Waals surface area contributed by atoms with Gasteiger partial charge in [0.25, 0.3) is 10.0 Å². The van der Waals surface area contributed by atoms with Crippen molar-refractivity contribution < 1.29 is 17.9 Å². The fourth-order valence-electron chi connectivity index (χ4n) is 2.70. The van der Waals surface area contributed by atoms with Crippen LogP contribution in [0.2, 0.25) is 0 Å². The maximum atomic E-state index is 13.2.